The SMILES string of the molecule is CO[C@H]1[C@H]([C@@]2(C)O[C@@H]2CC=C(C)C)[C@](C)(O)CC[C@H]1OC(=O)/C=C/C=C/C=C/C=C/C(=O)O. The monoisotopic (exact) mass is 460 g/mol. The van der Waals surface area contributed by atoms with Gasteiger partial charge >= 0.3 is 11.9 Å². The molecule has 0 aromatic heterocycles. The molecule has 0 aromatic rings. The quantitative estimate of drug-likeness (QED) is 0.167. The van der Waals surface area contributed by atoms with Gasteiger partial charge in [-0.25, -0.2) is 9.59 Å². The molecule has 2 fully saturated rings. The first-order valence-electron chi connectivity index (χ1n) is 11.2. The normalized spacial score (nSPS) is 34.4. The van der Waals surface area contributed by atoms with Crippen LogP contribution in [0.2, 0.25) is 0 Å². The molecule has 1 saturated carbocycles. The Kier molecular flexibility index (Phi) is 9.40. The molecule has 0 aromatic carbocycles. The van der Waals surface area contributed by atoms with Gasteiger partial charge in [-0.3, -0.25) is 0 Å². The minimum Gasteiger partial charge on any atom is -0.478 e. The van der Waals surface area contributed by atoms with Gasteiger partial charge in [0.25, 0.3) is 0 Å². The number of carbonyl (C=O) groups is 2. The van der Waals surface area contributed by atoms with E-state index in [0.717, 1.165) is 12.5 Å². The smallest absolute Gasteiger partial charge is 0.331 e. The lowest BCUT2D eigenvalue weighted by molar-refractivity contribution is -0.190. The molecule has 2 rings (SSSR count). The fourth-order valence-corrected chi connectivity index (χ4v) is 4.57. The van der Waals surface area contributed by atoms with Crippen molar-refractivity contribution in [1.29, 1.82) is 0 Å². The Balaban J connectivity index is 2.01. The van der Waals surface area contributed by atoms with E-state index in [0.29, 0.717) is 12.8 Å². The highest BCUT2D eigenvalue weighted by Crippen LogP contribution is 2.54. The second kappa shape index (κ2) is 11.6. The van der Waals surface area contributed by atoms with Crippen molar-refractivity contribution >= 4 is 11.9 Å². The largest absolute Gasteiger partial charge is 0.478 e. The van der Waals surface area contributed by atoms with E-state index in [-0.39, 0.29) is 12.0 Å². The number of carboxylic acids is 1. The number of methoxy groups -OCH3 is 1. The van der Waals surface area contributed by atoms with Gasteiger partial charge in [0.15, 0.2) is 0 Å². The first kappa shape index (κ1) is 26.8. The highest BCUT2D eigenvalue weighted by molar-refractivity contribution is 5.82. The molecule has 0 unspecified atom stereocenters. The zero-order valence-corrected chi connectivity index (χ0v) is 20.1. The molecular formula is C26H36O7. The minimum absolute atomic E-state index is 0.0144. The van der Waals surface area contributed by atoms with Crippen molar-refractivity contribution < 1.29 is 34.0 Å². The molecule has 33 heavy (non-hydrogen) atoms. The maximum Gasteiger partial charge on any atom is 0.331 e. The lowest BCUT2D eigenvalue weighted by atomic mass is 9.66. The van der Waals surface area contributed by atoms with Crippen molar-refractivity contribution in [3.63, 3.8) is 0 Å². The van der Waals surface area contributed by atoms with E-state index in [1.54, 1.807) is 44.4 Å². The molecule has 182 valence electrons. The van der Waals surface area contributed by atoms with Crippen LogP contribution in [0.25, 0.3) is 0 Å². The van der Waals surface area contributed by atoms with Gasteiger partial charge in [0, 0.05) is 25.2 Å². The van der Waals surface area contributed by atoms with Crippen LogP contribution in [0.4, 0.5) is 0 Å². The topological polar surface area (TPSA) is 106 Å². The molecule has 7 heteroatoms. The third kappa shape index (κ3) is 7.52. The predicted octanol–water partition coefficient (Wildman–Crippen LogP) is 3.90. The standard InChI is InChI=1S/C26H36O7/c1-18(2)14-15-20-26(4,33-20)24-23(31-5)19(16-17-25(24,3)30)32-22(29)13-11-9-7-6-8-10-12-21(27)28/h6-14,19-20,23-24,30H,15-17H2,1-5H3,(H,27,28)/b8-6+,9-7+,12-10+,13-11+/t19-,20-,23-,24+,25-,26+/m1/s1. The maximum atomic E-state index is 12.4. The lowest BCUT2D eigenvalue weighted by Crippen LogP contribution is -2.59. The van der Waals surface area contributed by atoms with Crippen LogP contribution in [0, 0.1) is 5.92 Å². The number of rotatable bonds is 10. The summed E-state index contributed by atoms with van der Waals surface area (Å²) in [6.45, 7) is 7.88. The minimum atomic E-state index is -1.02. The Labute approximate surface area is 196 Å². The molecule has 1 aliphatic carbocycles. The average molecular weight is 461 g/mol. The Bertz CT molecular complexity index is 845. The zero-order valence-electron chi connectivity index (χ0n) is 20.1. The third-order valence-electron chi connectivity index (χ3n) is 6.20. The van der Waals surface area contributed by atoms with Crippen molar-refractivity contribution in [2.75, 3.05) is 7.11 Å². The van der Waals surface area contributed by atoms with Crippen LogP contribution < -0.4 is 0 Å². The van der Waals surface area contributed by atoms with Gasteiger partial charge in [-0.1, -0.05) is 48.1 Å². The number of ether oxygens (including phenoxy) is 3. The second-order valence-corrected chi connectivity index (χ2v) is 9.18. The molecule has 0 spiro atoms. The Morgan fingerprint density at radius 3 is 2.24 bits per heavy atom. The average Bonchev–Trinajstić information content (AvgIpc) is 3.39. The summed E-state index contributed by atoms with van der Waals surface area (Å²) in [6.07, 6.45) is 14.7. The summed E-state index contributed by atoms with van der Waals surface area (Å²) in [5.41, 5.74) is -0.342. The molecule has 1 aliphatic heterocycles. The van der Waals surface area contributed by atoms with E-state index in [1.165, 1.54) is 17.7 Å². The van der Waals surface area contributed by atoms with Crippen LogP contribution in [0.3, 0.4) is 0 Å². The number of aliphatic carboxylic acids is 1. The summed E-state index contributed by atoms with van der Waals surface area (Å²) in [4.78, 5) is 22.7. The number of allylic oxidation sites excluding steroid dienone is 7. The highest BCUT2D eigenvalue weighted by Gasteiger charge is 2.66. The Hall–Kier alpha value is -2.48. The number of epoxide rings is 1. The first-order valence-corrected chi connectivity index (χ1v) is 11.2. The summed E-state index contributed by atoms with van der Waals surface area (Å²) >= 11 is 0. The zero-order chi connectivity index (χ0) is 24.6. The lowest BCUT2D eigenvalue weighted by Gasteiger charge is -2.47. The number of hydrogen-bond donors (Lipinski definition) is 2. The van der Waals surface area contributed by atoms with Crippen LogP contribution in [0.15, 0.2) is 60.3 Å². The molecule has 2 aliphatic rings. The van der Waals surface area contributed by atoms with Crippen LogP contribution in [-0.2, 0) is 23.8 Å². The maximum absolute atomic E-state index is 12.4. The van der Waals surface area contributed by atoms with Crippen LogP contribution in [0.1, 0.15) is 47.0 Å². The number of hydrogen-bond acceptors (Lipinski definition) is 6. The molecular weight excluding hydrogens is 424 g/mol. The molecule has 0 amide bonds. The van der Waals surface area contributed by atoms with Crippen molar-refractivity contribution in [2.24, 2.45) is 5.92 Å². The summed E-state index contributed by atoms with van der Waals surface area (Å²) in [6, 6.07) is 0. The number of aliphatic hydroxyl groups is 1. The van der Waals surface area contributed by atoms with Gasteiger partial charge in [-0.05, 0) is 47.0 Å². The molecule has 7 nitrogen and oxygen atoms in total. The van der Waals surface area contributed by atoms with Gasteiger partial charge in [0.1, 0.15) is 17.8 Å². The third-order valence-corrected chi connectivity index (χ3v) is 6.20. The number of carbonyl (C=O) groups excluding carboxylic acids is 1. The summed E-state index contributed by atoms with van der Waals surface area (Å²) < 4.78 is 17.5. The molecule has 1 heterocycles. The van der Waals surface area contributed by atoms with Crippen molar-refractivity contribution in [3.8, 4) is 0 Å². The van der Waals surface area contributed by atoms with E-state index in [2.05, 4.69) is 6.08 Å². The van der Waals surface area contributed by atoms with Crippen LogP contribution in [-0.4, -0.2) is 58.8 Å². The first-order chi connectivity index (χ1) is 15.5. The second-order valence-electron chi connectivity index (χ2n) is 9.18. The van der Waals surface area contributed by atoms with E-state index < -0.39 is 35.3 Å². The Morgan fingerprint density at radius 1 is 1.06 bits per heavy atom. The van der Waals surface area contributed by atoms with Gasteiger partial charge in [-0.15, -0.1) is 0 Å². The van der Waals surface area contributed by atoms with E-state index in [9.17, 15) is 14.7 Å². The van der Waals surface area contributed by atoms with Gasteiger partial charge < -0.3 is 24.4 Å². The van der Waals surface area contributed by atoms with Crippen molar-refractivity contribution in [2.45, 2.75) is 76.5 Å². The molecule has 6 atom stereocenters. The van der Waals surface area contributed by atoms with Crippen molar-refractivity contribution in [1.82, 2.24) is 0 Å². The summed E-state index contributed by atoms with van der Waals surface area (Å²) in [5, 5.41) is 19.7. The van der Waals surface area contributed by atoms with E-state index in [4.69, 9.17) is 19.3 Å². The number of carboxylic acid groups (broad SMARTS) is 1. The van der Waals surface area contributed by atoms with E-state index in [1.807, 2.05) is 20.8 Å². The summed E-state index contributed by atoms with van der Waals surface area (Å²) in [5.74, 6) is -1.85. The van der Waals surface area contributed by atoms with Crippen LogP contribution in [0.5, 0.6) is 0 Å². The number of esters is 1. The van der Waals surface area contributed by atoms with Gasteiger partial charge in [-0.2, -0.15) is 0 Å². The van der Waals surface area contributed by atoms with Gasteiger partial charge in [0.2, 0.25) is 0 Å². The highest BCUT2D eigenvalue weighted by atomic mass is 16.6. The van der Waals surface area contributed by atoms with Crippen LogP contribution >= 0.6 is 0 Å². The summed E-state index contributed by atoms with van der Waals surface area (Å²) in [7, 11) is 1.57. The fraction of sp³-hybridized carbons (Fsp3) is 0.538. The van der Waals surface area contributed by atoms with Gasteiger partial charge in [0.05, 0.1) is 11.7 Å². The fourth-order valence-electron chi connectivity index (χ4n) is 4.57. The van der Waals surface area contributed by atoms with Crippen molar-refractivity contribution in [3.05, 3.63) is 60.3 Å². The van der Waals surface area contributed by atoms with E-state index >= 15 is 0 Å². The molecule has 1 saturated heterocycles. The molecule has 0 bridgehead atoms. The molecule has 2 N–H and O–H groups in total. The molecule has 0 radical (unpaired) electrons. The predicted molar refractivity (Wildman–Crippen MR) is 126 cm³/mol. The Morgan fingerprint density at radius 2 is 1.67 bits per heavy atom.